The van der Waals surface area contributed by atoms with Crippen LogP contribution in [0.2, 0.25) is 10.0 Å². The van der Waals surface area contributed by atoms with Gasteiger partial charge in [-0.25, -0.2) is 0 Å². The predicted molar refractivity (Wildman–Crippen MR) is 149 cm³/mol. The average Bonchev–Trinajstić information content (AvgIpc) is 2.89. The molecule has 0 saturated carbocycles. The van der Waals surface area contributed by atoms with Gasteiger partial charge in [0.2, 0.25) is 0 Å². The summed E-state index contributed by atoms with van der Waals surface area (Å²) < 4.78 is 39.3. The molecule has 0 heterocycles. The first kappa shape index (κ1) is 31.8. The first-order valence-electron chi connectivity index (χ1n) is 11.7. The zero-order valence-electron chi connectivity index (χ0n) is 21.7. The zero-order valence-corrected chi connectivity index (χ0v) is 26.1. The number of anilines is 1. The molecule has 0 aliphatic heterocycles. The maximum atomic E-state index is 13.6. The second-order valence-electron chi connectivity index (χ2n) is 8.22. The van der Waals surface area contributed by atoms with Crippen LogP contribution < -0.4 is 44.7 Å². The van der Waals surface area contributed by atoms with Crippen molar-refractivity contribution in [2.75, 3.05) is 11.9 Å². The maximum Gasteiger partial charge on any atom is 1.00 e. The molecule has 0 fully saturated rings. The van der Waals surface area contributed by atoms with Crippen LogP contribution >= 0.6 is 23.2 Å². The molecule has 0 aromatic heterocycles. The number of ether oxygens (including phenoxy) is 1. The molecule has 1 amide bonds. The molecule has 9 nitrogen and oxygen atoms in total. The topological polar surface area (TPSA) is 140 Å². The molecule has 40 heavy (non-hydrogen) atoms. The summed E-state index contributed by atoms with van der Waals surface area (Å²) in [6.07, 6.45) is 0.268. The van der Waals surface area contributed by atoms with Crippen LogP contribution in [0.1, 0.15) is 29.8 Å². The summed E-state index contributed by atoms with van der Waals surface area (Å²) in [4.78, 5) is 12.8. The van der Waals surface area contributed by atoms with E-state index >= 15 is 0 Å². The smallest absolute Gasteiger partial charge is 0.870 e. The van der Waals surface area contributed by atoms with E-state index in [2.05, 4.69) is 15.5 Å². The van der Waals surface area contributed by atoms with E-state index in [0.29, 0.717) is 28.7 Å². The number of nitrogens with one attached hydrogen (secondary N) is 1. The van der Waals surface area contributed by atoms with Crippen molar-refractivity contribution in [3.05, 3.63) is 81.8 Å². The first-order valence-corrected chi connectivity index (χ1v) is 13.9. The van der Waals surface area contributed by atoms with Gasteiger partial charge < -0.3 is 15.2 Å². The maximum absolute atomic E-state index is 13.6. The van der Waals surface area contributed by atoms with E-state index in [1.54, 1.807) is 56.3 Å². The van der Waals surface area contributed by atoms with Crippen LogP contribution in [0.5, 0.6) is 11.5 Å². The molecule has 0 unspecified atom stereocenters. The fourth-order valence-corrected chi connectivity index (χ4v) is 5.15. The van der Waals surface area contributed by atoms with Gasteiger partial charge >= 0.3 is 29.6 Å². The largest absolute Gasteiger partial charge is 1.00 e. The van der Waals surface area contributed by atoms with Gasteiger partial charge in [-0.05, 0) is 54.6 Å². The number of para-hydroxylation sites is 1. The third-order valence-electron chi connectivity index (χ3n) is 5.80. The number of amides is 1. The van der Waals surface area contributed by atoms with Crippen molar-refractivity contribution in [2.45, 2.75) is 25.2 Å². The second-order valence-corrected chi connectivity index (χ2v) is 10.4. The summed E-state index contributed by atoms with van der Waals surface area (Å²) in [6, 6.07) is 15.4. The van der Waals surface area contributed by atoms with E-state index in [-0.39, 0.29) is 68.6 Å². The molecular weight excluding hydrogens is 588 g/mol. The van der Waals surface area contributed by atoms with Gasteiger partial charge in [-0.1, -0.05) is 66.2 Å². The quantitative estimate of drug-likeness (QED) is 0.175. The predicted octanol–water partition coefficient (Wildman–Crippen LogP) is 4.10. The zero-order chi connectivity index (χ0) is 28.3. The Morgan fingerprint density at radius 3 is 2.38 bits per heavy atom. The van der Waals surface area contributed by atoms with Gasteiger partial charge in [0.1, 0.15) is 22.0 Å². The van der Waals surface area contributed by atoms with Crippen molar-refractivity contribution in [3.8, 4) is 11.5 Å². The number of rotatable bonds is 8. The number of hydrogen-bond donors (Lipinski definition) is 2. The van der Waals surface area contributed by atoms with Crippen LogP contribution in [-0.4, -0.2) is 25.5 Å². The Morgan fingerprint density at radius 1 is 1.00 bits per heavy atom. The SMILES string of the molecule is CCOc1cccc(Cl)c1NC(=O)c1cc2ccccc2c(N=Nc2c(S(=O)(=O)O)ccc(Cl)c2CC)c1[O-].[Na+]. The molecule has 0 spiro atoms. The standard InChI is InChI=1S/C27H23Cl2N3O6S.Na/c1-3-16-19(28)12-13-22(39(35,36)37)23(16)31-32-24-17-9-6-5-8-15(17)14-18(26(24)33)27(34)30-25-20(29)10-7-11-21(25)38-4-2;/h5-14,33H,3-4H2,1-2H3,(H,30,34)(H,35,36,37);/q;+1/p-1. The molecule has 0 radical (unpaired) electrons. The van der Waals surface area contributed by atoms with Crippen molar-refractivity contribution in [1.82, 2.24) is 0 Å². The van der Waals surface area contributed by atoms with Crippen molar-refractivity contribution in [1.29, 1.82) is 0 Å². The number of benzene rings is 4. The van der Waals surface area contributed by atoms with Gasteiger partial charge in [0.15, 0.2) is 0 Å². The van der Waals surface area contributed by atoms with Gasteiger partial charge in [0, 0.05) is 16.0 Å². The van der Waals surface area contributed by atoms with E-state index in [0.717, 1.165) is 6.07 Å². The third-order valence-corrected chi connectivity index (χ3v) is 7.36. The van der Waals surface area contributed by atoms with Crippen molar-refractivity contribution < 1.29 is 57.2 Å². The number of azo groups is 1. The normalized spacial score (nSPS) is 11.4. The molecule has 13 heteroatoms. The van der Waals surface area contributed by atoms with E-state index in [9.17, 15) is 22.9 Å². The summed E-state index contributed by atoms with van der Waals surface area (Å²) in [7, 11) is -4.69. The minimum Gasteiger partial charge on any atom is -0.870 e. The van der Waals surface area contributed by atoms with Gasteiger partial charge in [-0.3, -0.25) is 9.35 Å². The Balaban J connectivity index is 0.00000441. The Bertz CT molecular complexity index is 1730. The number of carbonyl (C=O) groups excluding carboxylic acids is 1. The minimum absolute atomic E-state index is 0. The van der Waals surface area contributed by atoms with Crippen LogP contribution in [0.3, 0.4) is 0 Å². The molecule has 4 aromatic rings. The summed E-state index contributed by atoms with van der Waals surface area (Å²) in [5.41, 5.74) is -0.148. The molecule has 4 rings (SSSR count). The van der Waals surface area contributed by atoms with Crippen molar-refractivity contribution >= 4 is 67.1 Å². The van der Waals surface area contributed by atoms with E-state index in [4.69, 9.17) is 27.9 Å². The molecule has 2 N–H and O–H groups in total. The van der Waals surface area contributed by atoms with Crippen LogP contribution in [0.4, 0.5) is 17.1 Å². The third kappa shape index (κ3) is 6.60. The summed E-state index contributed by atoms with van der Waals surface area (Å²) in [5, 5.41) is 25.7. The molecule has 0 aliphatic rings. The Kier molecular flexibility index (Phi) is 10.6. The number of carbonyl (C=O) groups is 1. The number of fused-ring (bicyclic) bond motifs is 1. The Labute approximate surface area is 263 Å². The van der Waals surface area contributed by atoms with Crippen molar-refractivity contribution in [2.24, 2.45) is 10.2 Å². The minimum atomic E-state index is -4.69. The fourth-order valence-electron chi connectivity index (χ4n) is 4.00. The van der Waals surface area contributed by atoms with E-state index in [1.165, 1.54) is 12.1 Å². The Morgan fingerprint density at radius 2 is 1.70 bits per heavy atom. The van der Waals surface area contributed by atoms with Crippen LogP contribution in [0.25, 0.3) is 10.8 Å². The molecule has 0 bridgehead atoms. The van der Waals surface area contributed by atoms with E-state index in [1.807, 2.05) is 0 Å². The van der Waals surface area contributed by atoms with Crippen molar-refractivity contribution in [3.63, 3.8) is 0 Å². The summed E-state index contributed by atoms with van der Waals surface area (Å²) in [5.74, 6) is -1.18. The first-order chi connectivity index (χ1) is 18.6. The molecule has 0 saturated heterocycles. The second kappa shape index (κ2) is 13.3. The molecule has 0 aliphatic carbocycles. The molecule has 4 aromatic carbocycles. The fraction of sp³-hybridized carbons (Fsp3) is 0.148. The van der Waals surface area contributed by atoms with Gasteiger partial charge in [0.05, 0.1) is 17.3 Å². The molecule has 0 atom stereocenters. The number of hydrogen-bond acceptors (Lipinski definition) is 7. The summed E-state index contributed by atoms with van der Waals surface area (Å²) in [6.45, 7) is 3.82. The molecular formula is C27H22Cl2N3NaO6S. The van der Waals surface area contributed by atoms with Crippen LogP contribution in [0.15, 0.2) is 75.8 Å². The van der Waals surface area contributed by atoms with E-state index < -0.39 is 26.7 Å². The number of nitrogens with zero attached hydrogens (tertiary/aromatic N) is 2. The van der Waals surface area contributed by atoms with Gasteiger partial charge in [-0.2, -0.15) is 13.5 Å². The van der Waals surface area contributed by atoms with Gasteiger partial charge in [0.25, 0.3) is 16.0 Å². The molecule has 202 valence electrons. The average molecular weight is 610 g/mol. The number of halogens is 2. The monoisotopic (exact) mass is 609 g/mol. The Hall–Kier alpha value is -2.70. The van der Waals surface area contributed by atoms with Crippen LogP contribution in [0, 0.1) is 0 Å². The summed E-state index contributed by atoms with van der Waals surface area (Å²) >= 11 is 12.5. The van der Waals surface area contributed by atoms with Gasteiger partial charge in [-0.15, -0.1) is 5.11 Å². The van der Waals surface area contributed by atoms with Crippen LogP contribution in [-0.2, 0) is 16.5 Å².